The number of pyridine rings is 1. The molecule has 1 aromatic carbocycles. The highest BCUT2D eigenvalue weighted by Crippen LogP contribution is 2.32. The van der Waals surface area contributed by atoms with Crippen molar-refractivity contribution in [2.24, 2.45) is 11.7 Å². The van der Waals surface area contributed by atoms with E-state index >= 15 is 0 Å². The Morgan fingerprint density at radius 3 is 2.88 bits per heavy atom. The summed E-state index contributed by atoms with van der Waals surface area (Å²) in [7, 11) is 0. The number of fused-ring (bicyclic) bond motifs is 1. The second-order valence-electron chi connectivity index (χ2n) is 6.33. The monoisotopic (exact) mass is 355 g/mol. The summed E-state index contributed by atoms with van der Waals surface area (Å²) in [6.45, 7) is 4.80. The Morgan fingerprint density at radius 2 is 2.20 bits per heavy atom. The van der Waals surface area contributed by atoms with Crippen molar-refractivity contribution >= 4 is 34.1 Å². The van der Waals surface area contributed by atoms with Gasteiger partial charge in [-0.25, -0.2) is 0 Å². The number of nitrogens with one attached hydrogen (secondary N) is 2. The van der Waals surface area contributed by atoms with Crippen molar-refractivity contribution in [3.63, 3.8) is 0 Å². The topological polar surface area (TPSA) is 88.8 Å². The fourth-order valence-corrected chi connectivity index (χ4v) is 2.80. The molecule has 0 atom stereocenters. The molecule has 0 amide bonds. The molecule has 130 valence electrons. The van der Waals surface area contributed by atoms with E-state index in [2.05, 4.69) is 46.5 Å². The molecule has 3 rings (SSSR count). The predicted octanol–water partition coefficient (Wildman–Crippen LogP) is 3.39. The first-order valence-electron chi connectivity index (χ1n) is 8.12. The maximum Gasteiger partial charge on any atom is 0.169 e. The smallest absolute Gasteiger partial charge is 0.169 e. The van der Waals surface area contributed by atoms with Crippen LogP contribution in [0.3, 0.4) is 0 Å². The number of rotatable bonds is 6. The number of hydrogen-bond acceptors (Lipinski definition) is 4. The molecule has 4 N–H and O–H groups in total. The molecule has 0 aliphatic heterocycles. The summed E-state index contributed by atoms with van der Waals surface area (Å²) in [4.78, 5) is 4.11. The Morgan fingerprint density at radius 1 is 1.36 bits per heavy atom. The van der Waals surface area contributed by atoms with Gasteiger partial charge in [0.2, 0.25) is 0 Å². The number of aromatic amines is 1. The van der Waals surface area contributed by atoms with Gasteiger partial charge in [-0.05, 0) is 48.3 Å². The van der Waals surface area contributed by atoms with Crippen molar-refractivity contribution in [2.75, 3.05) is 5.32 Å². The first-order valence-corrected chi connectivity index (χ1v) is 8.53. The van der Waals surface area contributed by atoms with E-state index in [9.17, 15) is 0 Å². The van der Waals surface area contributed by atoms with Gasteiger partial charge in [-0.15, -0.1) is 0 Å². The molecule has 2 aromatic heterocycles. The molecule has 6 nitrogen and oxygen atoms in total. The van der Waals surface area contributed by atoms with Gasteiger partial charge in [0, 0.05) is 23.3 Å². The Kier molecular flexibility index (Phi) is 5.14. The highest BCUT2D eigenvalue weighted by molar-refractivity contribution is 7.80. The van der Waals surface area contributed by atoms with Crippen LogP contribution in [0, 0.1) is 5.92 Å². The van der Waals surface area contributed by atoms with Gasteiger partial charge in [0.1, 0.15) is 17.9 Å². The minimum atomic E-state index is 0.181. The number of nitrogens with zero attached hydrogens (tertiary/aromatic N) is 2. The summed E-state index contributed by atoms with van der Waals surface area (Å²) in [5.41, 5.74) is 8.59. The maximum absolute atomic E-state index is 6.04. The van der Waals surface area contributed by atoms with Crippen LogP contribution in [0.2, 0.25) is 0 Å². The minimum Gasteiger partial charge on any atom is -0.487 e. The van der Waals surface area contributed by atoms with Gasteiger partial charge in [-0.3, -0.25) is 10.1 Å². The summed E-state index contributed by atoms with van der Waals surface area (Å²) in [6, 6.07) is 8.02. The average molecular weight is 355 g/mol. The van der Waals surface area contributed by atoms with E-state index in [0.29, 0.717) is 18.3 Å². The molecular weight excluding hydrogens is 334 g/mol. The number of nitrogens with two attached hydrogens (primary N) is 1. The standard InChI is InChI=1S/C18H21N5OS/c1-11(2)6-13-7-14-16(22-23-17(14)21-18(19)25)15(8-13)24-10-12-4-3-5-20-9-12/h3-5,7-9,11H,6,10H2,1-2H3,(H4,19,21,22,23,25). The second kappa shape index (κ2) is 7.48. The van der Waals surface area contributed by atoms with Crippen LogP contribution in [0.1, 0.15) is 25.0 Å². The van der Waals surface area contributed by atoms with E-state index < -0.39 is 0 Å². The Bertz CT molecular complexity index is 876. The Labute approximate surface area is 151 Å². The molecule has 0 spiro atoms. The van der Waals surface area contributed by atoms with E-state index in [-0.39, 0.29) is 5.11 Å². The predicted molar refractivity (Wildman–Crippen MR) is 104 cm³/mol. The van der Waals surface area contributed by atoms with Crippen LogP contribution >= 0.6 is 12.2 Å². The zero-order valence-electron chi connectivity index (χ0n) is 14.2. The van der Waals surface area contributed by atoms with Crippen molar-refractivity contribution in [3.8, 4) is 5.75 Å². The minimum absolute atomic E-state index is 0.181. The van der Waals surface area contributed by atoms with Crippen LogP contribution in [-0.2, 0) is 13.0 Å². The molecular formula is C18H21N5OS. The van der Waals surface area contributed by atoms with Crippen LogP contribution in [0.15, 0.2) is 36.7 Å². The van der Waals surface area contributed by atoms with Crippen LogP contribution in [0.4, 0.5) is 5.82 Å². The number of anilines is 1. The third-order valence-corrected chi connectivity index (χ3v) is 3.80. The van der Waals surface area contributed by atoms with E-state index in [0.717, 1.165) is 28.6 Å². The van der Waals surface area contributed by atoms with E-state index in [1.54, 1.807) is 12.4 Å². The first kappa shape index (κ1) is 17.2. The molecule has 0 saturated heterocycles. The fraction of sp³-hybridized carbons (Fsp3) is 0.278. The number of ether oxygens (including phenoxy) is 1. The zero-order chi connectivity index (χ0) is 17.8. The van der Waals surface area contributed by atoms with Crippen LogP contribution in [-0.4, -0.2) is 20.3 Å². The number of H-pyrrole nitrogens is 1. The van der Waals surface area contributed by atoms with Crippen molar-refractivity contribution in [1.82, 2.24) is 15.2 Å². The van der Waals surface area contributed by atoms with E-state index in [1.807, 2.05) is 12.1 Å². The molecule has 0 bridgehead atoms. The molecule has 0 unspecified atom stereocenters. The van der Waals surface area contributed by atoms with Crippen LogP contribution in [0.25, 0.3) is 10.9 Å². The molecule has 25 heavy (non-hydrogen) atoms. The lowest BCUT2D eigenvalue weighted by molar-refractivity contribution is 0.308. The van der Waals surface area contributed by atoms with Gasteiger partial charge >= 0.3 is 0 Å². The summed E-state index contributed by atoms with van der Waals surface area (Å²) in [5.74, 6) is 1.89. The third kappa shape index (κ3) is 4.24. The van der Waals surface area contributed by atoms with Gasteiger partial charge in [0.25, 0.3) is 0 Å². The second-order valence-corrected chi connectivity index (χ2v) is 6.77. The molecule has 0 fully saturated rings. The molecule has 0 radical (unpaired) electrons. The van der Waals surface area contributed by atoms with Crippen molar-refractivity contribution in [3.05, 3.63) is 47.8 Å². The maximum atomic E-state index is 6.04. The molecule has 0 aliphatic rings. The SMILES string of the molecule is CC(C)Cc1cc(OCc2cccnc2)c2[nH]nc(NC(N)=S)c2c1. The normalized spacial score (nSPS) is 11.0. The number of thiocarbonyl (C=S) groups is 1. The molecule has 0 saturated carbocycles. The van der Waals surface area contributed by atoms with Crippen LogP contribution in [0.5, 0.6) is 5.75 Å². The van der Waals surface area contributed by atoms with Gasteiger partial charge < -0.3 is 15.8 Å². The van der Waals surface area contributed by atoms with Gasteiger partial charge in [-0.2, -0.15) is 5.10 Å². The zero-order valence-corrected chi connectivity index (χ0v) is 15.1. The summed E-state index contributed by atoms with van der Waals surface area (Å²) in [5, 5.41) is 11.3. The summed E-state index contributed by atoms with van der Waals surface area (Å²) >= 11 is 4.93. The first-order chi connectivity index (χ1) is 12.0. The lowest BCUT2D eigenvalue weighted by Gasteiger charge is -2.11. The van der Waals surface area contributed by atoms with Crippen LogP contribution < -0.4 is 15.8 Å². The highest BCUT2D eigenvalue weighted by Gasteiger charge is 2.14. The average Bonchev–Trinajstić information content (AvgIpc) is 2.95. The fourth-order valence-electron chi connectivity index (χ4n) is 2.71. The lowest BCUT2D eigenvalue weighted by atomic mass is 10.0. The Balaban J connectivity index is 1.96. The third-order valence-electron chi connectivity index (χ3n) is 3.70. The van der Waals surface area contributed by atoms with Crippen molar-refractivity contribution in [1.29, 1.82) is 0 Å². The summed E-state index contributed by atoms with van der Waals surface area (Å²) < 4.78 is 6.04. The largest absolute Gasteiger partial charge is 0.487 e. The van der Waals surface area contributed by atoms with Crippen molar-refractivity contribution in [2.45, 2.75) is 26.9 Å². The molecule has 0 aliphatic carbocycles. The Hall–Kier alpha value is -2.67. The number of aromatic nitrogens is 3. The van der Waals surface area contributed by atoms with Gasteiger partial charge in [-0.1, -0.05) is 19.9 Å². The number of hydrogen-bond donors (Lipinski definition) is 3. The lowest BCUT2D eigenvalue weighted by Crippen LogP contribution is -2.19. The summed E-state index contributed by atoms with van der Waals surface area (Å²) in [6.07, 6.45) is 4.48. The molecule has 3 aromatic rings. The van der Waals surface area contributed by atoms with E-state index in [4.69, 9.17) is 22.7 Å². The van der Waals surface area contributed by atoms with Gasteiger partial charge in [0.15, 0.2) is 10.9 Å². The highest BCUT2D eigenvalue weighted by atomic mass is 32.1. The quantitative estimate of drug-likeness (QED) is 0.587. The van der Waals surface area contributed by atoms with E-state index in [1.165, 1.54) is 5.56 Å². The van der Waals surface area contributed by atoms with Gasteiger partial charge in [0.05, 0.1) is 0 Å². The van der Waals surface area contributed by atoms with Crippen molar-refractivity contribution < 1.29 is 4.74 Å². The molecule has 2 heterocycles. The molecule has 7 heteroatoms. The number of benzene rings is 1.